The van der Waals surface area contributed by atoms with Crippen LogP contribution < -0.4 is 5.32 Å². The van der Waals surface area contributed by atoms with Crippen molar-refractivity contribution in [2.75, 3.05) is 11.9 Å². The molecule has 0 spiro atoms. The van der Waals surface area contributed by atoms with Crippen LogP contribution in [-0.4, -0.2) is 6.54 Å². The minimum atomic E-state index is 0.811. The van der Waals surface area contributed by atoms with E-state index in [2.05, 4.69) is 29.6 Å². The van der Waals surface area contributed by atoms with Gasteiger partial charge >= 0.3 is 0 Å². The summed E-state index contributed by atoms with van der Waals surface area (Å²) in [6.07, 6.45) is 11.6. The number of fused-ring (bicyclic) bond motifs is 1. The van der Waals surface area contributed by atoms with Crippen molar-refractivity contribution < 1.29 is 0 Å². The van der Waals surface area contributed by atoms with Gasteiger partial charge in [0.1, 0.15) is 0 Å². The van der Waals surface area contributed by atoms with Gasteiger partial charge in [0.05, 0.1) is 0 Å². The molecule has 1 unspecified atom stereocenters. The van der Waals surface area contributed by atoms with Gasteiger partial charge < -0.3 is 5.32 Å². The van der Waals surface area contributed by atoms with E-state index in [1.54, 1.807) is 5.56 Å². The van der Waals surface area contributed by atoms with Crippen LogP contribution >= 0.6 is 0 Å². The summed E-state index contributed by atoms with van der Waals surface area (Å²) in [4.78, 5) is 0. The minimum absolute atomic E-state index is 0.811. The van der Waals surface area contributed by atoms with E-state index >= 15 is 0 Å². The Hall–Kier alpha value is -0.980. The molecule has 1 N–H and O–H groups in total. The van der Waals surface area contributed by atoms with Crippen LogP contribution in [0.25, 0.3) is 0 Å². The smallest absolute Gasteiger partial charge is 0.0375 e. The molecule has 1 heteroatoms. The van der Waals surface area contributed by atoms with Gasteiger partial charge in [-0.3, -0.25) is 0 Å². The Morgan fingerprint density at radius 2 is 1.72 bits per heavy atom. The zero-order chi connectivity index (χ0) is 12.2. The number of para-hydroxylation sites is 1. The Balaban J connectivity index is 1.69. The van der Waals surface area contributed by atoms with E-state index in [9.17, 15) is 0 Å². The van der Waals surface area contributed by atoms with Gasteiger partial charge in [-0.05, 0) is 36.3 Å². The van der Waals surface area contributed by atoms with Crippen LogP contribution in [0.5, 0.6) is 0 Å². The Morgan fingerprint density at radius 1 is 0.944 bits per heavy atom. The molecule has 0 aromatic heterocycles. The van der Waals surface area contributed by atoms with E-state index in [0.717, 1.165) is 18.4 Å². The molecule has 1 saturated carbocycles. The van der Waals surface area contributed by atoms with E-state index in [4.69, 9.17) is 0 Å². The fraction of sp³-hybridized carbons (Fsp3) is 0.647. The summed E-state index contributed by atoms with van der Waals surface area (Å²) in [5.74, 6) is 1.80. The zero-order valence-electron chi connectivity index (χ0n) is 11.3. The SMILES string of the molecule is c1ccc2c(c1)NCCC2CC1CCCCCC1. The fourth-order valence-corrected chi connectivity index (χ4v) is 3.80. The summed E-state index contributed by atoms with van der Waals surface area (Å²) >= 11 is 0. The number of hydrogen-bond donors (Lipinski definition) is 1. The van der Waals surface area contributed by atoms with Crippen LogP contribution in [0.4, 0.5) is 5.69 Å². The third-order valence-electron chi connectivity index (χ3n) is 4.80. The van der Waals surface area contributed by atoms with Crippen molar-refractivity contribution in [3.63, 3.8) is 0 Å². The monoisotopic (exact) mass is 243 g/mol. The number of rotatable bonds is 2. The van der Waals surface area contributed by atoms with Gasteiger partial charge in [-0.1, -0.05) is 56.7 Å². The molecule has 1 heterocycles. The summed E-state index contributed by atoms with van der Waals surface area (Å²) in [7, 11) is 0. The largest absolute Gasteiger partial charge is 0.385 e. The van der Waals surface area contributed by atoms with Crippen LogP contribution in [-0.2, 0) is 0 Å². The van der Waals surface area contributed by atoms with Crippen molar-refractivity contribution in [3.05, 3.63) is 29.8 Å². The van der Waals surface area contributed by atoms with Crippen molar-refractivity contribution in [1.29, 1.82) is 0 Å². The molecular formula is C17H25N. The van der Waals surface area contributed by atoms with Gasteiger partial charge in [0.25, 0.3) is 0 Å². The van der Waals surface area contributed by atoms with Gasteiger partial charge in [-0.2, -0.15) is 0 Å². The van der Waals surface area contributed by atoms with Crippen LogP contribution in [0.3, 0.4) is 0 Å². The Bertz CT molecular complexity index is 377. The molecule has 18 heavy (non-hydrogen) atoms. The summed E-state index contributed by atoms with van der Waals surface area (Å²) in [5.41, 5.74) is 2.97. The molecule has 1 atom stereocenters. The summed E-state index contributed by atoms with van der Waals surface area (Å²) < 4.78 is 0. The lowest BCUT2D eigenvalue weighted by atomic mass is 9.81. The van der Waals surface area contributed by atoms with Gasteiger partial charge in [0.15, 0.2) is 0 Å². The van der Waals surface area contributed by atoms with E-state index in [1.165, 1.54) is 57.1 Å². The van der Waals surface area contributed by atoms with Gasteiger partial charge in [-0.15, -0.1) is 0 Å². The Labute approximate surface area is 111 Å². The molecule has 0 saturated heterocycles. The first-order valence-electron chi connectivity index (χ1n) is 7.76. The minimum Gasteiger partial charge on any atom is -0.385 e. The number of benzene rings is 1. The molecule has 1 aromatic carbocycles. The molecule has 1 aliphatic heterocycles. The predicted octanol–water partition coefficient (Wildman–Crippen LogP) is 4.95. The van der Waals surface area contributed by atoms with Crippen molar-refractivity contribution >= 4 is 5.69 Å². The lowest BCUT2D eigenvalue weighted by molar-refractivity contribution is 0.379. The second kappa shape index (κ2) is 5.77. The predicted molar refractivity (Wildman–Crippen MR) is 78.1 cm³/mol. The van der Waals surface area contributed by atoms with E-state index in [0.29, 0.717) is 0 Å². The second-order valence-electron chi connectivity index (χ2n) is 6.09. The van der Waals surface area contributed by atoms with E-state index in [-0.39, 0.29) is 0 Å². The van der Waals surface area contributed by atoms with Gasteiger partial charge in [-0.25, -0.2) is 0 Å². The highest BCUT2D eigenvalue weighted by atomic mass is 14.9. The maximum atomic E-state index is 3.54. The Kier molecular flexibility index (Phi) is 3.87. The molecule has 1 aliphatic carbocycles. The maximum absolute atomic E-state index is 3.54. The normalized spacial score (nSPS) is 25.0. The molecule has 1 fully saturated rings. The highest BCUT2D eigenvalue weighted by Gasteiger charge is 2.23. The summed E-state index contributed by atoms with van der Waals surface area (Å²) in [6, 6.07) is 8.93. The molecule has 0 amide bonds. The topological polar surface area (TPSA) is 12.0 Å². The summed E-state index contributed by atoms with van der Waals surface area (Å²) in [6.45, 7) is 1.16. The standard InChI is InChI=1S/C17H25N/c1-2-4-8-14(7-3-1)13-15-11-12-18-17-10-6-5-9-16(15)17/h5-6,9-10,14-15,18H,1-4,7-8,11-13H2. The molecule has 2 aliphatic rings. The molecule has 3 rings (SSSR count). The van der Waals surface area contributed by atoms with Crippen LogP contribution in [0.1, 0.15) is 62.8 Å². The molecule has 1 aromatic rings. The third kappa shape index (κ3) is 2.71. The highest BCUT2D eigenvalue weighted by Crippen LogP contribution is 2.38. The molecule has 0 radical (unpaired) electrons. The fourth-order valence-electron chi connectivity index (χ4n) is 3.80. The average Bonchev–Trinajstić information content (AvgIpc) is 2.68. The second-order valence-corrected chi connectivity index (χ2v) is 6.09. The zero-order valence-corrected chi connectivity index (χ0v) is 11.3. The first kappa shape index (κ1) is 12.1. The van der Waals surface area contributed by atoms with Crippen molar-refractivity contribution in [2.45, 2.75) is 57.3 Å². The van der Waals surface area contributed by atoms with Crippen molar-refractivity contribution in [2.24, 2.45) is 5.92 Å². The lowest BCUT2D eigenvalue weighted by Gasteiger charge is -2.29. The average molecular weight is 243 g/mol. The van der Waals surface area contributed by atoms with Crippen LogP contribution in [0.2, 0.25) is 0 Å². The molecule has 98 valence electrons. The number of anilines is 1. The molecule has 1 nitrogen and oxygen atoms in total. The van der Waals surface area contributed by atoms with E-state index in [1.807, 2.05) is 0 Å². The van der Waals surface area contributed by atoms with Crippen molar-refractivity contribution in [3.8, 4) is 0 Å². The van der Waals surface area contributed by atoms with Crippen LogP contribution in [0.15, 0.2) is 24.3 Å². The van der Waals surface area contributed by atoms with Gasteiger partial charge in [0, 0.05) is 12.2 Å². The first-order valence-corrected chi connectivity index (χ1v) is 7.76. The van der Waals surface area contributed by atoms with Crippen molar-refractivity contribution in [1.82, 2.24) is 0 Å². The number of hydrogen-bond acceptors (Lipinski definition) is 1. The molecule has 0 bridgehead atoms. The quantitative estimate of drug-likeness (QED) is 0.725. The highest BCUT2D eigenvalue weighted by molar-refractivity contribution is 5.54. The maximum Gasteiger partial charge on any atom is 0.0375 e. The number of nitrogens with one attached hydrogen (secondary N) is 1. The summed E-state index contributed by atoms with van der Waals surface area (Å²) in [5, 5.41) is 3.54. The van der Waals surface area contributed by atoms with Gasteiger partial charge in [0.2, 0.25) is 0 Å². The Morgan fingerprint density at radius 3 is 2.56 bits per heavy atom. The third-order valence-corrected chi connectivity index (χ3v) is 4.80. The van der Waals surface area contributed by atoms with E-state index < -0.39 is 0 Å². The molecular weight excluding hydrogens is 218 g/mol. The van der Waals surface area contributed by atoms with Crippen LogP contribution in [0, 0.1) is 5.92 Å². The first-order chi connectivity index (χ1) is 8.93. The lowest BCUT2D eigenvalue weighted by Crippen LogP contribution is -2.19.